The number of alkyl halides is 18. The number of ketones is 2. The molecule has 5 N–H and O–H groups in total. The van der Waals surface area contributed by atoms with Gasteiger partial charge in [0, 0.05) is 6.54 Å². The Morgan fingerprint density at radius 1 is 0.382 bits per heavy atom. The molecule has 0 radical (unpaired) electrons. The van der Waals surface area contributed by atoms with E-state index in [9.17, 15) is 118 Å². The monoisotopic (exact) mass is 1920 g/mol. The summed E-state index contributed by atoms with van der Waals surface area (Å²) in [7, 11) is 0. The molecular weight excluding hydrogens is 1840 g/mol. The van der Waals surface area contributed by atoms with Crippen LogP contribution < -0.4 is 22.4 Å². The number of rotatable bonds is 25. The molecule has 14 rings (SSSR count). The van der Waals surface area contributed by atoms with Gasteiger partial charge in [0.15, 0.2) is 11.6 Å². The summed E-state index contributed by atoms with van der Waals surface area (Å²) in [6.45, 7) is 4.12. The third-order valence-electron chi connectivity index (χ3n) is 25.0. The van der Waals surface area contributed by atoms with Crippen LogP contribution in [0.4, 0.5) is 88.6 Å². The van der Waals surface area contributed by atoms with E-state index in [1.807, 2.05) is 0 Å². The van der Waals surface area contributed by atoms with Gasteiger partial charge in [-0.1, -0.05) is 152 Å². The SMILES string of the molecule is CC(=O)[C@]1(n2cn[nH]c2=O)CC[C@@](CO[C@H](C)c2cc(C(F)(F)F)cc(C(F)(F)F)c2)(c2ccccc2)N(C(=O)OCc2ccccc2)C1.CC(=O)[C@]1(n2cn[nH]c2=O)CC[C@@](CO[C@H](C)c2cc(C(F)(F)F)cc(C(F)(F)F)c2)(c2ccccc2)NC1.C[C@@H](OC[C@@]1(c2ccccc2)CC[C@](CO)(n2cn[nH]c2=O)CN1C(=O)OCc1ccccc1)c1cc(C(F)(F)F)cc(C(F)(F)F)c1. The van der Waals surface area contributed by atoms with Crippen LogP contribution >= 0.6 is 0 Å². The number of piperidine rings is 3. The maximum atomic E-state index is 14.1. The molecule has 0 aliphatic carbocycles. The van der Waals surface area contributed by atoms with Crippen LogP contribution in [0.1, 0.15) is 169 Å². The number of amides is 2. The average molecular weight is 1930 g/mol. The third kappa shape index (κ3) is 22.5. The second-order valence-corrected chi connectivity index (χ2v) is 33.4. The number of aromatic nitrogens is 9. The van der Waals surface area contributed by atoms with Crippen molar-refractivity contribution in [1.29, 1.82) is 0 Å². The Hall–Kier alpha value is -13.0. The topological polar surface area (TPSA) is 305 Å². The van der Waals surface area contributed by atoms with E-state index >= 15 is 0 Å². The van der Waals surface area contributed by atoms with Crippen LogP contribution in [0.25, 0.3) is 0 Å². The second-order valence-electron chi connectivity index (χ2n) is 33.4. The molecule has 0 saturated carbocycles. The molecule has 43 heteroatoms. The van der Waals surface area contributed by atoms with Gasteiger partial charge in [-0.05, 0) is 172 Å². The predicted octanol–water partition coefficient (Wildman–Crippen LogP) is 18.4. The number of carbonyl (C=O) groups excluding carboxylic acids is 4. The highest BCUT2D eigenvalue weighted by atomic mass is 19.4. The Morgan fingerprint density at radius 3 is 0.993 bits per heavy atom. The molecule has 0 bridgehead atoms. The molecule has 9 atom stereocenters. The first-order valence-electron chi connectivity index (χ1n) is 42.0. The molecule has 3 aromatic heterocycles. The van der Waals surface area contributed by atoms with E-state index in [1.54, 1.807) is 152 Å². The molecule has 2 amide bonds. The van der Waals surface area contributed by atoms with Crippen molar-refractivity contribution in [2.24, 2.45) is 0 Å². The normalized spacial score (nSPS) is 21.3. The van der Waals surface area contributed by atoms with E-state index in [2.05, 4.69) is 35.9 Å². The van der Waals surface area contributed by atoms with E-state index in [0.29, 0.717) is 58.7 Å². The van der Waals surface area contributed by atoms with Crippen molar-refractivity contribution < 1.29 is 127 Å². The summed E-state index contributed by atoms with van der Waals surface area (Å²) in [5.74, 6) is -0.741. The Kier molecular flexibility index (Phi) is 30.4. The first-order valence-corrected chi connectivity index (χ1v) is 42.0. The second kappa shape index (κ2) is 40.5. The fourth-order valence-corrected chi connectivity index (χ4v) is 17.0. The summed E-state index contributed by atoms with van der Waals surface area (Å²) in [6, 6.07) is 47.3. The Labute approximate surface area is 762 Å². The lowest BCUT2D eigenvalue weighted by atomic mass is 9.73. The number of hydrogen-bond acceptors (Lipinski definition) is 17. The molecule has 11 aromatic rings. The van der Waals surface area contributed by atoms with Crippen LogP contribution in [0.5, 0.6) is 0 Å². The number of hydrogen-bond donors (Lipinski definition) is 5. The van der Waals surface area contributed by atoms with Crippen molar-refractivity contribution in [3.8, 4) is 0 Å². The minimum absolute atomic E-state index is 0.0101. The van der Waals surface area contributed by atoms with Gasteiger partial charge in [-0.15, -0.1) is 0 Å². The van der Waals surface area contributed by atoms with E-state index in [1.165, 1.54) is 66.2 Å². The summed E-state index contributed by atoms with van der Waals surface area (Å²) < 4.78 is 277. The minimum Gasteiger partial charge on any atom is -0.445 e. The summed E-state index contributed by atoms with van der Waals surface area (Å²) in [5, 5.41) is 32.0. The van der Waals surface area contributed by atoms with Crippen LogP contribution in [-0.2, 0) is 117 Å². The van der Waals surface area contributed by atoms with Gasteiger partial charge in [-0.25, -0.2) is 39.3 Å². The number of aliphatic hydroxyl groups is 1. The first kappa shape index (κ1) is 102. The Morgan fingerprint density at radius 2 is 0.684 bits per heavy atom. The summed E-state index contributed by atoms with van der Waals surface area (Å²) >= 11 is 0. The maximum Gasteiger partial charge on any atom is 0.416 e. The highest BCUT2D eigenvalue weighted by Gasteiger charge is 2.58. The maximum absolute atomic E-state index is 14.1. The largest absolute Gasteiger partial charge is 0.445 e. The number of likely N-dealkylation sites (tertiary alicyclic amines) is 2. The molecule has 3 fully saturated rings. The number of carbonyl (C=O) groups is 4. The fourth-order valence-electron chi connectivity index (χ4n) is 17.0. The van der Waals surface area contributed by atoms with Crippen LogP contribution in [0.2, 0.25) is 0 Å². The zero-order valence-corrected chi connectivity index (χ0v) is 72.9. The number of aliphatic hydroxyl groups excluding tert-OH is 1. The summed E-state index contributed by atoms with van der Waals surface area (Å²) in [6.07, 6.45) is -31.5. The van der Waals surface area contributed by atoms with Crippen LogP contribution in [-0.4, -0.2) is 129 Å². The van der Waals surface area contributed by atoms with Crippen molar-refractivity contribution in [2.45, 2.75) is 175 Å². The number of benzene rings is 8. The quantitative estimate of drug-likeness (QED) is 0.0332. The summed E-state index contributed by atoms with van der Waals surface area (Å²) in [4.78, 5) is 94.6. The molecule has 3 aliphatic rings. The van der Waals surface area contributed by atoms with Gasteiger partial charge in [0.05, 0.1) is 113 Å². The lowest BCUT2D eigenvalue weighted by Gasteiger charge is -2.53. The van der Waals surface area contributed by atoms with Gasteiger partial charge in [-0.3, -0.25) is 33.1 Å². The van der Waals surface area contributed by atoms with Crippen LogP contribution in [0, 0.1) is 0 Å². The zero-order valence-electron chi connectivity index (χ0n) is 72.9. The van der Waals surface area contributed by atoms with E-state index < -0.39 is 183 Å². The molecule has 8 aromatic carbocycles. The Bertz CT molecular complexity index is 6050. The molecule has 726 valence electrons. The van der Waals surface area contributed by atoms with E-state index in [0.717, 1.165) is 16.5 Å². The van der Waals surface area contributed by atoms with Gasteiger partial charge >= 0.3 is 66.3 Å². The molecule has 6 heterocycles. The van der Waals surface area contributed by atoms with Gasteiger partial charge in [0.1, 0.15) is 43.3 Å². The lowest BCUT2D eigenvalue weighted by Crippen LogP contribution is -2.65. The highest BCUT2D eigenvalue weighted by Crippen LogP contribution is 2.50. The predicted molar refractivity (Wildman–Crippen MR) is 450 cm³/mol. The van der Waals surface area contributed by atoms with E-state index in [4.69, 9.17) is 23.7 Å². The zero-order chi connectivity index (χ0) is 99.0. The molecule has 25 nitrogen and oxygen atoms in total. The molecule has 136 heavy (non-hydrogen) atoms. The number of nitrogens with one attached hydrogen (secondary N) is 4. The number of ether oxygens (including phenoxy) is 5. The third-order valence-corrected chi connectivity index (χ3v) is 25.0. The first-order chi connectivity index (χ1) is 63.9. The van der Waals surface area contributed by atoms with Crippen molar-refractivity contribution in [3.05, 3.63) is 335 Å². The average Bonchev–Trinajstić information content (AvgIpc) is 1.21. The van der Waals surface area contributed by atoms with Crippen LogP contribution in [0.3, 0.4) is 0 Å². The molecular formula is C93H90F18N12O13. The van der Waals surface area contributed by atoms with Crippen LogP contribution in [0.15, 0.2) is 240 Å². The smallest absolute Gasteiger partial charge is 0.416 e. The number of aromatic amines is 3. The Balaban J connectivity index is 0.000000185. The minimum atomic E-state index is -5.06. The van der Waals surface area contributed by atoms with Gasteiger partial charge in [-0.2, -0.15) is 94.3 Å². The highest BCUT2D eigenvalue weighted by molar-refractivity contribution is 5.86. The number of H-pyrrole nitrogens is 3. The van der Waals surface area contributed by atoms with Crippen molar-refractivity contribution in [3.63, 3.8) is 0 Å². The van der Waals surface area contributed by atoms with Gasteiger partial charge in [0.25, 0.3) is 0 Å². The molecule has 0 spiro atoms. The lowest BCUT2D eigenvalue weighted by molar-refractivity contribution is -0.145. The number of Topliss-reactive ketones (excluding diaryl/α,β-unsaturated/α-hetero) is 2. The van der Waals surface area contributed by atoms with Crippen molar-refractivity contribution in [1.82, 2.24) is 59.4 Å². The standard InChI is InChI=1S/C34H32F6N4O5.C33H32F6N4O5.C26H26F6N4O3/c1-22(25-15-27(33(35,36)37)17-28(16-25)34(38,39)40)49-20-32(26-11-7-4-8-12-26)14-13-31(23(2)45,44-21-41-42-29(44)46)19-43(32)30(47)48-18-24-9-5-3-6-10-24;1-22(24-14-26(32(34,35)36)16-27(15-24)33(37,38)39)48-20-31(25-10-6-3-7-11-25)13-12-30(19-44,43-21-40-41-28(43)45)18-42(31)29(46)47-17-23-8-4-2-5-9-23;1-16(18-10-20(25(27,28)29)12-21(11-18)26(30,31)32)39-14-23(19-6-4-3-5-7-19)8-9-24(13-33-23,17(2)37)36-15-34-35-22(36)38/h3-12,15-17,21-22H,13-14,18-20H2,1-2H3,(H,42,46);2-11,14-16,21-22,44H,12-13,17-20H2,1H3,(H,41,45);3-7,10-12,15-16,33H,8-9,13-14H2,1-2H3,(H,35,38)/t22-,31+,32-;22-,30+,31-;16-,23-,24+/m111/s1. The molecule has 3 saturated heterocycles. The molecule has 0 unspecified atom stereocenters. The molecule has 3 aliphatic heterocycles. The van der Waals surface area contributed by atoms with Gasteiger partial charge in [0.2, 0.25) is 0 Å². The van der Waals surface area contributed by atoms with Gasteiger partial charge < -0.3 is 34.1 Å². The van der Waals surface area contributed by atoms with Crippen molar-refractivity contribution in [2.75, 3.05) is 46.1 Å². The summed E-state index contributed by atoms with van der Waals surface area (Å²) in [5.41, 5.74) is -16.6. The fraction of sp³-hybridized carbons (Fsp3) is 0.376. The number of halogens is 18. The van der Waals surface area contributed by atoms with E-state index in [-0.39, 0.29) is 112 Å². The van der Waals surface area contributed by atoms with Crippen molar-refractivity contribution >= 4 is 23.8 Å². The number of nitrogens with zero attached hydrogens (tertiary/aromatic N) is 8.